The number of fused-ring (bicyclic) bond motifs is 1. The Kier molecular flexibility index (Phi) is 57.2. The predicted octanol–water partition coefficient (Wildman–Crippen LogP) is 8.57. The molecule has 7 aliphatic heterocycles. The van der Waals surface area contributed by atoms with Crippen molar-refractivity contribution in [3.05, 3.63) is 87.3 Å². The molecule has 8 aliphatic rings. The van der Waals surface area contributed by atoms with Gasteiger partial charge in [-0.25, -0.2) is 14.4 Å². The molecule has 1 saturated carbocycles. The fourth-order valence-corrected chi connectivity index (χ4v) is 5.73. The largest absolute Gasteiger partial charge is 0.505 e. The number of ether oxygens (including phenoxy) is 16. The average Bonchev–Trinajstić information content (AvgIpc) is 2.26. The van der Waals surface area contributed by atoms with Gasteiger partial charge >= 0.3 is 24.1 Å². The van der Waals surface area contributed by atoms with Crippen molar-refractivity contribution in [2.24, 2.45) is 11.3 Å². The van der Waals surface area contributed by atoms with Gasteiger partial charge in [-0.2, -0.15) is 13.2 Å². The molecule has 1 aliphatic carbocycles. The second-order valence-electron chi connectivity index (χ2n) is 20.8. The number of esters is 3. The van der Waals surface area contributed by atoms with E-state index >= 15 is 0 Å². The lowest BCUT2D eigenvalue weighted by molar-refractivity contribution is -0.148. The van der Waals surface area contributed by atoms with Crippen LogP contribution < -0.4 is 0 Å². The van der Waals surface area contributed by atoms with Gasteiger partial charge in [-0.1, -0.05) is 45.9 Å². The van der Waals surface area contributed by atoms with Crippen molar-refractivity contribution in [2.45, 2.75) is 128 Å². The van der Waals surface area contributed by atoms with Crippen molar-refractivity contribution in [2.75, 3.05) is 151 Å². The third-order valence-electron chi connectivity index (χ3n) is 12.2. The van der Waals surface area contributed by atoms with Crippen LogP contribution >= 0.6 is 0 Å². The van der Waals surface area contributed by atoms with E-state index < -0.39 is 23.7 Å². The Hall–Kier alpha value is -5.49. The Morgan fingerprint density at radius 2 is 1.21 bits per heavy atom. The van der Waals surface area contributed by atoms with Crippen LogP contribution in [-0.4, -0.2) is 239 Å². The van der Waals surface area contributed by atoms with E-state index in [-0.39, 0.29) is 34.8 Å². The number of halogens is 3. The van der Waals surface area contributed by atoms with Gasteiger partial charge in [0.25, 0.3) is 11.8 Å². The number of allylic oxidation sites excluding steroid dienone is 1. The van der Waals surface area contributed by atoms with Gasteiger partial charge in [-0.05, 0) is 79.2 Å². The van der Waals surface area contributed by atoms with Gasteiger partial charge < -0.3 is 75.8 Å². The van der Waals surface area contributed by atoms with Gasteiger partial charge in [0.2, 0.25) is 0 Å². The molecule has 524 valence electrons. The van der Waals surface area contributed by atoms with Crippen molar-refractivity contribution < 1.29 is 118 Å². The number of nitrogens with zero attached hydrogens (tertiary/aromatic N) is 1. The molecule has 23 nitrogen and oxygen atoms in total. The first kappa shape index (κ1) is 93.2. The highest BCUT2D eigenvalue weighted by molar-refractivity contribution is 6.12. The lowest BCUT2D eigenvalue weighted by atomic mass is 9.84. The smallest absolute Gasteiger partial charge is 0.422 e. The minimum Gasteiger partial charge on any atom is -0.505 e. The lowest BCUT2D eigenvalue weighted by Crippen LogP contribution is -2.45. The maximum absolute atomic E-state index is 11.5. The summed E-state index contributed by atoms with van der Waals surface area (Å²) in [6.07, 6.45) is 11.5. The number of imide groups is 1. The van der Waals surface area contributed by atoms with E-state index in [2.05, 4.69) is 103 Å². The zero-order valence-electron chi connectivity index (χ0n) is 57.0. The first-order valence-corrected chi connectivity index (χ1v) is 28.6. The maximum Gasteiger partial charge on any atom is 0.422 e. The second-order valence-corrected chi connectivity index (χ2v) is 20.8. The molecule has 7 unspecified atom stereocenters. The molecule has 7 atom stereocenters. The zero-order valence-corrected chi connectivity index (χ0v) is 57.0. The Morgan fingerprint density at radius 1 is 0.722 bits per heavy atom. The molecule has 0 N–H and O–H groups in total. The summed E-state index contributed by atoms with van der Waals surface area (Å²) in [6, 6.07) is 0. The van der Waals surface area contributed by atoms with Crippen molar-refractivity contribution in [1.82, 2.24) is 4.90 Å². The molecule has 26 heteroatoms. The van der Waals surface area contributed by atoms with Gasteiger partial charge in [0.15, 0.2) is 5.78 Å². The van der Waals surface area contributed by atoms with Crippen LogP contribution in [0.15, 0.2) is 87.3 Å². The van der Waals surface area contributed by atoms with Crippen LogP contribution in [-0.2, 0) is 105 Å². The van der Waals surface area contributed by atoms with E-state index in [9.17, 15) is 41.9 Å². The summed E-state index contributed by atoms with van der Waals surface area (Å²) in [4.78, 5) is 62.4. The average molecular weight is 1300 g/mol. The third-order valence-corrected chi connectivity index (χ3v) is 12.2. The first-order valence-electron chi connectivity index (χ1n) is 28.6. The van der Waals surface area contributed by atoms with E-state index in [1.807, 2.05) is 6.92 Å². The molecule has 0 spiro atoms. The summed E-state index contributed by atoms with van der Waals surface area (Å²) < 4.78 is 110. The summed E-state index contributed by atoms with van der Waals surface area (Å²) in [5, 5.41) is 0. The molecule has 0 bridgehead atoms. The summed E-state index contributed by atoms with van der Waals surface area (Å²) >= 11 is 0. The number of amides is 2. The summed E-state index contributed by atoms with van der Waals surface area (Å²) in [7, 11) is 16.6. The maximum atomic E-state index is 11.5. The molecule has 0 aromatic carbocycles. The molecule has 0 radical (unpaired) electrons. The Bertz CT molecular complexity index is 2030. The number of methoxy groups -OCH3 is 10. The number of ketones is 1. The first-order chi connectivity index (χ1) is 42.2. The number of alkyl halides is 3. The van der Waals surface area contributed by atoms with E-state index in [1.54, 1.807) is 62.8 Å². The normalized spacial score (nSPS) is 22.0. The summed E-state index contributed by atoms with van der Waals surface area (Å²) in [5.41, 5.74) is -0.402. The van der Waals surface area contributed by atoms with E-state index in [1.165, 1.54) is 71.4 Å². The highest BCUT2D eigenvalue weighted by Crippen LogP contribution is 2.39. The minimum absolute atomic E-state index is 0.0341. The van der Waals surface area contributed by atoms with Gasteiger partial charge in [-0.3, -0.25) is 19.3 Å². The van der Waals surface area contributed by atoms with Crippen molar-refractivity contribution >= 4 is 35.5 Å². The van der Waals surface area contributed by atoms with Gasteiger partial charge in [0.1, 0.15) is 17.3 Å². The topological polar surface area (TPSA) is 270 Å². The number of rotatable bonds is 19. The van der Waals surface area contributed by atoms with Crippen LogP contribution in [0.2, 0.25) is 0 Å². The molecular formula is C64H110F3NO22. The summed E-state index contributed by atoms with van der Waals surface area (Å²) in [5.74, 6) is -1.87. The van der Waals surface area contributed by atoms with Crippen molar-refractivity contribution in [1.29, 1.82) is 0 Å². The molecular weight excluding hydrogens is 1190 g/mol. The quantitative estimate of drug-likeness (QED) is 0.0223. The summed E-state index contributed by atoms with van der Waals surface area (Å²) in [6.45, 7) is 42.1. The Labute approximate surface area is 534 Å². The zero-order chi connectivity index (χ0) is 70.5. The van der Waals surface area contributed by atoms with Crippen LogP contribution in [0.1, 0.15) is 80.6 Å². The molecule has 0 aromatic heterocycles. The number of carbonyl (C=O) groups is 6. The van der Waals surface area contributed by atoms with Crippen LogP contribution in [0.5, 0.6) is 0 Å². The molecule has 2 amide bonds. The van der Waals surface area contributed by atoms with Gasteiger partial charge in [-0.15, -0.1) is 6.58 Å². The van der Waals surface area contributed by atoms with Gasteiger partial charge in [0, 0.05) is 92.0 Å². The van der Waals surface area contributed by atoms with Crippen LogP contribution in [0.4, 0.5) is 13.2 Å². The van der Waals surface area contributed by atoms with Crippen molar-refractivity contribution in [3.8, 4) is 0 Å². The molecule has 0 aromatic rings. The minimum atomic E-state index is -4.69. The Morgan fingerprint density at radius 3 is 1.38 bits per heavy atom. The van der Waals surface area contributed by atoms with E-state index in [4.69, 9.17) is 47.4 Å². The number of hydrogen-bond acceptors (Lipinski definition) is 22. The monoisotopic (exact) mass is 1300 g/mol. The van der Waals surface area contributed by atoms with Crippen LogP contribution in [0.25, 0.3) is 0 Å². The van der Waals surface area contributed by atoms with Crippen LogP contribution in [0, 0.1) is 11.3 Å². The fourth-order valence-electron chi connectivity index (χ4n) is 5.73. The molecule has 6 saturated heterocycles. The molecule has 7 fully saturated rings. The number of epoxide rings is 5. The Balaban J connectivity index is -0.000000292. The lowest BCUT2D eigenvalue weighted by Gasteiger charge is -2.39. The fraction of sp³-hybridized carbons (Fsp3) is 0.688. The molecule has 8 rings (SSSR count). The number of likely N-dealkylation sites (N-methyl/N-ethyl adjacent to an activating group) is 1. The highest BCUT2D eigenvalue weighted by Gasteiger charge is 2.44. The number of carbonyl (C=O) groups excluding carboxylic acids is 6. The highest BCUT2D eigenvalue weighted by atomic mass is 19.4. The standard InChI is InChI=1S/C8H14O2.C7H14O2.C6H10O2.C5H5F3O2.C5H5NO2.C5H10O2.C5H8O2.C5H10O.C4H8O2.C4H6O2.C4H8O.2C3H6O/c1-9-5-6-2-3-7-8(4-6)10-7;1-3-7(4-8-2)5-9-6-7;1-3-6(7)4-5-8-2;1-3(4(9)10-2)5(6,7)8;1-6-4(7)2-3-5(6)8;1-5(3-6-2)4-7-5;1-4(2)5(6)7-3;1-4-5(2,3)6-4;1-5-2-4-3-6-4;1-3-4(5)6-2;1-3-4-5-2;1-3-2-4-3;1-3-4-2/h6-8H,2-5H2,1H3;3-6H2,1-2H3;3H,1,4-5H2,2H3;1H2,2H3;2-3H,1H3;3-4H2,1-2H3;1H2,2-3H3;4H,1-3H3;4H,2-3H2,1H3;3H,1H2,2H3;3H,1,4H2,2H3;3H,2H2,1H3;3H,1H2,2H3. The predicted molar refractivity (Wildman–Crippen MR) is 335 cm³/mol. The SMILES string of the molecule is C=C(C(=O)OC)C(F)(F)F.C=C(C)C(=O)OC.C=CC(=O)CCOC.C=CC(=O)OC.C=CCOC.C=COC.CC1CO1.CC1OC1(C)C.CCC1(COC)COC1.CN1C(=O)C=CC1=O.COCC1(C)CO1.COCC1CCC2OC2C1.COCC1CO1. The van der Waals surface area contributed by atoms with E-state index in [0.29, 0.717) is 61.1 Å². The molecule has 7 heterocycles. The molecule has 90 heavy (non-hydrogen) atoms. The van der Waals surface area contributed by atoms with Gasteiger partial charge in [0.05, 0.1) is 131 Å². The van der Waals surface area contributed by atoms with Crippen LogP contribution in [0.3, 0.4) is 0 Å². The number of hydrogen-bond donors (Lipinski definition) is 0. The van der Waals surface area contributed by atoms with E-state index in [0.717, 1.165) is 83.5 Å². The second kappa shape index (κ2) is 55.2. The van der Waals surface area contributed by atoms with Crippen molar-refractivity contribution in [3.63, 3.8) is 0 Å². The third kappa shape index (κ3) is 56.5.